The quantitative estimate of drug-likeness (QED) is 0.349. The van der Waals surface area contributed by atoms with Crippen molar-refractivity contribution < 1.29 is 71.4 Å². The van der Waals surface area contributed by atoms with Gasteiger partial charge < -0.3 is 1.43 Å². The molecule has 0 saturated heterocycles. The van der Waals surface area contributed by atoms with E-state index >= 15 is 0 Å². The Labute approximate surface area is 104 Å². The molecule has 3 nitrogen and oxygen atoms in total. The van der Waals surface area contributed by atoms with Gasteiger partial charge in [-0.3, -0.25) is 9.79 Å². The second-order valence-electron chi connectivity index (χ2n) is 0.473. The maximum atomic E-state index is 10.4. The molecule has 0 aliphatic heterocycles. The van der Waals surface area contributed by atoms with Gasteiger partial charge in [0.2, 0.25) is 0 Å². The van der Waals surface area contributed by atoms with Gasteiger partial charge in [0.05, 0.1) is 0 Å². The molecule has 0 fully saturated rings. The molecule has 7 heavy (non-hydrogen) atoms. The molecule has 2 radical (unpaired) electrons. The molecular weight excluding hydrogens is 344 g/mol. The van der Waals surface area contributed by atoms with E-state index in [1.807, 2.05) is 0 Å². The van der Waals surface area contributed by atoms with Crippen LogP contribution in [0.3, 0.4) is 0 Å². The first-order valence-electron chi connectivity index (χ1n) is 0.752. The second kappa shape index (κ2) is 6.75. The van der Waals surface area contributed by atoms with Gasteiger partial charge in [-0.2, -0.15) is 0 Å². The molecule has 0 rings (SSSR count). The van der Waals surface area contributed by atoms with E-state index in [9.17, 15) is 4.20 Å². The summed E-state index contributed by atoms with van der Waals surface area (Å²) in [5, 5.41) is 0. The summed E-state index contributed by atoms with van der Waals surface area (Å²) < 4.78 is 19.0. The van der Waals surface area contributed by atoms with Crippen molar-refractivity contribution in [2.75, 3.05) is 0 Å². The third kappa shape index (κ3) is 54.7. The van der Waals surface area contributed by atoms with Gasteiger partial charge in [0.25, 0.3) is 0 Å². The van der Waals surface area contributed by atoms with E-state index in [-0.39, 0.29) is 80.1 Å². The number of hydrogen-bond acceptors (Lipinski definition) is 1. The van der Waals surface area contributed by atoms with Crippen LogP contribution in [0.25, 0.3) is 0 Å². The van der Waals surface area contributed by atoms with Crippen molar-refractivity contribution in [3.05, 3.63) is 0 Å². The van der Waals surface area contributed by atoms with Crippen molar-refractivity contribution in [3.8, 4) is 0 Å². The predicted molar refractivity (Wildman–Crippen MR) is 22.8 cm³/mol. The fourth-order valence-corrected chi connectivity index (χ4v) is 0. The third-order valence-electron chi connectivity index (χ3n) is 0. The van der Waals surface area contributed by atoms with Crippen molar-refractivity contribution in [3.63, 3.8) is 0 Å². The van der Waals surface area contributed by atoms with E-state index in [1.54, 1.807) is 0 Å². The number of rotatable bonds is 0. The minimum absolute atomic E-state index is 0. The first kappa shape index (κ1) is 16.3. The Kier molecular flexibility index (Phi) is 15.7. The average molecular weight is 349 g/mol. The summed E-state index contributed by atoms with van der Waals surface area (Å²) in [6.07, 6.45) is 0. The van der Waals surface area contributed by atoms with Crippen LogP contribution < -0.4 is 51.4 Å². The summed E-state index contributed by atoms with van der Waals surface area (Å²) in [5.74, 6) is 0. The molecule has 0 atom stereocenters. The summed E-state index contributed by atoms with van der Waals surface area (Å²) in [4.78, 5) is 13.9. The Morgan fingerprint density at radius 1 is 1.57 bits per heavy atom. The molecule has 0 spiro atoms. The van der Waals surface area contributed by atoms with Crippen LogP contribution in [0.4, 0.5) is 4.20 Å². The third-order valence-corrected chi connectivity index (χ3v) is 0. The van der Waals surface area contributed by atoms with E-state index in [2.05, 4.69) is 0 Å². The summed E-state index contributed by atoms with van der Waals surface area (Å²) in [6, 6.07) is 0. The Balaban J connectivity index is -0.0000000267. The summed E-state index contributed by atoms with van der Waals surface area (Å²) in [6.45, 7) is 0. The van der Waals surface area contributed by atoms with Crippen LogP contribution in [-0.2, 0) is 4.57 Å². The molecule has 0 bridgehead atoms. The predicted octanol–water partition coefficient (Wildman–Crippen LogP) is -3.75. The monoisotopic (exact) mass is 350 g/mol. The zero-order chi connectivity index (χ0) is 4.50. The fourth-order valence-electron chi connectivity index (χ4n) is 0. The van der Waals surface area contributed by atoms with Crippen LogP contribution >= 0.6 is 7.91 Å². The van der Waals surface area contributed by atoms with Gasteiger partial charge in [-0.1, -0.05) is 0 Å². The maximum absolute atomic E-state index is 10.4. The van der Waals surface area contributed by atoms with Crippen LogP contribution in [0.5, 0.6) is 0 Å². The van der Waals surface area contributed by atoms with Crippen molar-refractivity contribution in [1.82, 2.24) is 0 Å². The van der Waals surface area contributed by atoms with Crippen LogP contribution in [0.1, 0.15) is 1.43 Å². The molecule has 0 aromatic rings. The van der Waals surface area contributed by atoms with Gasteiger partial charge in [0.1, 0.15) is 0 Å². The van der Waals surface area contributed by atoms with E-state index < -0.39 is 7.91 Å². The molecule has 2 N–H and O–H groups in total. The van der Waals surface area contributed by atoms with Crippen LogP contribution in [0.15, 0.2) is 0 Å². The summed E-state index contributed by atoms with van der Waals surface area (Å²) in [5.41, 5.74) is 0. The summed E-state index contributed by atoms with van der Waals surface area (Å²) >= 11 is 0. The van der Waals surface area contributed by atoms with E-state index in [0.29, 0.717) is 0 Å². The van der Waals surface area contributed by atoms with Crippen LogP contribution in [-0.4, -0.2) is 37.1 Å². The molecule has 0 amide bonds. The molecule has 0 saturated carbocycles. The average Bonchev–Trinajstić information content (AvgIpc) is 0.722. The number of halogens is 1. The van der Waals surface area contributed by atoms with E-state index in [0.717, 1.165) is 0 Å². The number of hydrogen-bond donors (Lipinski definition) is 2. The van der Waals surface area contributed by atoms with Crippen molar-refractivity contribution in [1.29, 1.82) is 0 Å². The van der Waals surface area contributed by atoms with Crippen LogP contribution in [0, 0.1) is 0 Å². The Bertz CT molecular complexity index is 65.4. The first-order valence-corrected chi connectivity index (χ1v) is 2.25. The molecule has 0 heterocycles. The first-order chi connectivity index (χ1) is 2.00. The topological polar surface area (TPSA) is 57.5 Å². The molecular formula is H5FKO3PPb. The molecule has 0 aliphatic carbocycles. The standard InChI is InChI=1S/FH2O3P.K.Pb.3H/c1-5(2,3)4;;;;;/h(H2,2,3,4);;;;;/q;+1;;;;-1. The SMILES string of the molecule is O=P(O)(O)F.[H-].[K+].[PbH2]. The van der Waals surface area contributed by atoms with Gasteiger partial charge in [-0.05, 0) is 0 Å². The van der Waals surface area contributed by atoms with Gasteiger partial charge in [-0.15, -0.1) is 4.20 Å². The minimum atomic E-state index is -5.14. The van der Waals surface area contributed by atoms with E-state index in [4.69, 9.17) is 14.4 Å². The normalized spacial score (nSPS) is 8.43. The van der Waals surface area contributed by atoms with E-state index in [1.165, 1.54) is 0 Å². The van der Waals surface area contributed by atoms with Crippen molar-refractivity contribution in [2.24, 2.45) is 0 Å². The Morgan fingerprint density at radius 3 is 1.57 bits per heavy atom. The molecule has 0 aromatic carbocycles. The van der Waals surface area contributed by atoms with Crippen LogP contribution in [0.2, 0.25) is 0 Å². The summed E-state index contributed by atoms with van der Waals surface area (Å²) in [7, 11) is -5.14. The van der Waals surface area contributed by atoms with Gasteiger partial charge in [0.15, 0.2) is 0 Å². The molecule has 0 aromatic heterocycles. The Morgan fingerprint density at radius 2 is 1.57 bits per heavy atom. The molecule has 7 heteroatoms. The van der Waals surface area contributed by atoms with Crippen molar-refractivity contribution >= 4 is 35.2 Å². The molecule has 0 unspecified atom stereocenters. The zero-order valence-corrected chi connectivity index (χ0v) is 13.4. The fraction of sp³-hybridized carbons (Fsp3) is 0. The van der Waals surface area contributed by atoms with Gasteiger partial charge in [-0.25, -0.2) is 4.57 Å². The van der Waals surface area contributed by atoms with Crippen molar-refractivity contribution in [2.45, 2.75) is 0 Å². The second-order valence-corrected chi connectivity index (χ2v) is 1.42. The Hall–Kier alpha value is 2.64. The van der Waals surface area contributed by atoms with Gasteiger partial charge in [0, 0.05) is 0 Å². The van der Waals surface area contributed by atoms with Gasteiger partial charge >= 0.3 is 86.6 Å². The zero-order valence-electron chi connectivity index (χ0n) is 4.83. The molecule has 40 valence electrons. The molecule has 0 aliphatic rings.